The zero-order valence-corrected chi connectivity index (χ0v) is 12.5. The van der Waals surface area contributed by atoms with Crippen LogP contribution in [0.5, 0.6) is 5.75 Å². The number of nitro groups is 1. The summed E-state index contributed by atoms with van der Waals surface area (Å²) in [4.78, 5) is 14.1. The lowest BCUT2D eigenvalue weighted by Gasteiger charge is -2.03. The van der Waals surface area contributed by atoms with Crippen molar-refractivity contribution in [2.45, 2.75) is 0 Å². The van der Waals surface area contributed by atoms with E-state index < -0.39 is 4.92 Å². The molecule has 5 nitrogen and oxygen atoms in total. The number of phenols is 1. The van der Waals surface area contributed by atoms with E-state index in [4.69, 9.17) is 34.8 Å². The summed E-state index contributed by atoms with van der Waals surface area (Å²) in [5.41, 5.74) is 0.493. The lowest BCUT2D eigenvalue weighted by Crippen LogP contribution is -1.87. The van der Waals surface area contributed by atoms with Crippen molar-refractivity contribution in [2.24, 2.45) is 4.99 Å². The lowest BCUT2D eigenvalue weighted by atomic mass is 10.2. The summed E-state index contributed by atoms with van der Waals surface area (Å²) in [5.74, 6) is -0.164. The van der Waals surface area contributed by atoms with E-state index in [9.17, 15) is 15.2 Å². The Morgan fingerprint density at radius 3 is 2.48 bits per heavy atom. The van der Waals surface area contributed by atoms with E-state index in [2.05, 4.69) is 4.99 Å². The molecule has 0 aromatic heterocycles. The summed E-state index contributed by atoms with van der Waals surface area (Å²) in [6.07, 6.45) is 1.32. The smallest absolute Gasteiger partial charge is 0.271 e. The monoisotopic (exact) mass is 344 g/mol. The number of benzene rings is 2. The van der Waals surface area contributed by atoms with Crippen LogP contribution in [0.4, 0.5) is 11.4 Å². The number of nitrogens with zero attached hydrogens (tertiary/aromatic N) is 2. The molecule has 0 bridgehead atoms. The maximum atomic E-state index is 10.6. The van der Waals surface area contributed by atoms with Gasteiger partial charge in [-0.3, -0.25) is 15.1 Å². The van der Waals surface area contributed by atoms with Crippen LogP contribution in [0.25, 0.3) is 0 Å². The molecule has 0 aliphatic heterocycles. The number of aromatic hydroxyl groups is 1. The van der Waals surface area contributed by atoms with Crippen molar-refractivity contribution in [1.29, 1.82) is 0 Å². The first-order chi connectivity index (χ1) is 9.88. The molecular formula is C13H7Cl3N2O3. The van der Waals surface area contributed by atoms with Crippen LogP contribution in [0.3, 0.4) is 0 Å². The second-order valence-corrected chi connectivity index (χ2v) is 5.23. The third kappa shape index (κ3) is 3.64. The number of phenolic OH excluding ortho intramolecular Hbond substituents is 1. The first kappa shape index (κ1) is 15.6. The maximum Gasteiger partial charge on any atom is 0.271 e. The standard InChI is InChI=1S/C13H7Cl3N2O3/c14-8-3-7(13(19)11(16)4-8)6-17-12-2-1-9(18(20)21)5-10(12)15/h1-6,19H. The van der Waals surface area contributed by atoms with E-state index >= 15 is 0 Å². The Morgan fingerprint density at radius 1 is 1.14 bits per heavy atom. The molecule has 2 aromatic carbocycles. The molecule has 0 saturated carbocycles. The van der Waals surface area contributed by atoms with Crippen molar-refractivity contribution in [3.05, 3.63) is 61.1 Å². The summed E-state index contributed by atoms with van der Waals surface area (Å²) in [6, 6.07) is 6.75. The molecule has 0 radical (unpaired) electrons. The van der Waals surface area contributed by atoms with Gasteiger partial charge in [0.1, 0.15) is 5.75 Å². The van der Waals surface area contributed by atoms with E-state index in [1.807, 2.05) is 0 Å². The molecule has 0 heterocycles. The van der Waals surface area contributed by atoms with Gasteiger partial charge in [0.15, 0.2) is 0 Å². The Kier molecular flexibility index (Phi) is 4.67. The second kappa shape index (κ2) is 6.30. The van der Waals surface area contributed by atoms with Gasteiger partial charge in [0.2, 0.25) is 0 Å². The fourth-order valence-electron chi connectivity index (χ4n) is 1.54. The van der Waals surface area contributed by atoms with Gasteiger partial charge in [0.25, 0.3) is 5.69 Å². The first-order valence-electron chi connectivity index (χ1n) is 5.54. The number of halogens is 3. The SMILES string of the molecule is O=[N+]([O-])c1ccc(N=Cc2cc(Cl)cc(Cl)c2O)c(Cl)c1. The van der Waals surface area contributed by atoms with E-state index in [1.165, 1.54) is 36.5 Å². The normalized spacial score (nSPS) is 11.0. The van der Waals surface area contributed by atoms with Crippen LogP contribution in [-0.2, 0) is 0 Å². The van der Waals surface area contributed by atoms with Crippen molar-refractivity contribution in [2.75, 3.05) is 0 Å². The molecule has 0 saturated heterocycles. The fraction of sp³-hybridized carbons (Fsp3) is 0. The minimum atomic E-state index is -0.554. The van der Waals surface area contributed by atoms with Gasteiger partial charge in [0, 0.05) is 28.9 Å². The number of aliphatic imine (C=N–C) groups is 1. The molecule has 1 N–H and O–H groups in total. The summed E-state index contributed by atoms with van der Waals surface area (Å²) >= 11 is 17.5. The molecule has 8 heteroatoms. The molecule has 2 rings (SSSR count). The molecule has 21 heavy (non-hydrogen) atoms. The van der Waals surface area contributed by atoms with Crippen molar-refractivity contribution >= 4 is 52.4 Å². The van der Waals surface area contributed by atoms with Gasteiger partial charge in [-0.1, -0.05) is 34.8 Å². The van der Waals surface area contributed by atoms with Gasteiger partial charge in [-0.05, 0) is 18.2 Å². The molecule has 0 aliphatic carbocycles. The van der Waals surface area contributed by atoms with E-state index in [1.54, 1.807) is 0 Å². The predicted molar refractivity (Wildman–Crippen MR) is 83.5 cm³/mol. The zero-order chi connectivity index (χ0) is 15.6. The fourth-order valence-corrected chi connectivity index (χ4v) is 2.27. The summed E-state index contributed by atoms with van der Waals surface area (Å²) in [5, 5.41) is 20.9. The van der Waals surface area contributed by atoms with Gasteiger partial charge < -0.3 is 5.11 Å². The Hall–Kier alpha value is -1.82. The van der Waals surface area contributed by atoms with Crippen molar-refractivity contribution < 1.29 is 10.0 Å². The van der Waals surface area contributed by atoms with Gasteiger partial charge >= 0.3 is 0 Å². The van der Waals surface area contributed by atoms with Gasteiger partial charge in [-0.25, -0.2) is 0 Å². The zero-order valence-electron chi connectivity index (χ0n) is 10.3. The molecule has 108 valence electrons. The van der Waals surface area contributed by atoms with Gasteiger partial charge in [0.05, 0.1) is 20.7 Å². The minimum absolute atomic E-state index is 0.0961. The van der Waals surface area contributed by atoms with Gasteiger partial charge in [-0.2, -0.15) is 0 Å². The molecule has 2 aromatic rings. The van der Waals surface area contributed by atoms with Crippen LogP contribution >= 0.6 is 34.8 Å². The largest absolute Gasteiger partial charge is 0.506 e. The number of nitro benzene ring substituents is 1. The van der Waals surface area contributed by atoms with Crippen LogP contribution in [0, 0.1) is 10.1 Å². The van der Waals surface area contributed by atoms with Crippen molar-refractivity contribution in [1.82, 2.24) is 0 Å². The highest BCUT2D eigenvalue weighted by Crippen LogP contribution is 2.32. The average Bonchev–Trinajstić information content (AvgIpc) is 2.42. The second-order valence-electron chi connectivity index (χ2n) is 3.98. The van der Waals surface area contributed by atoms with E-state index in [0.29, 0.717) is 16.3 Å². The third-order valence-electron chi connectivity index (χ3n) is 2.54. The highest BCUT2D eigenvalue weighted by molar-refractivity contribution is 6.36. The average molecular weight is 346 g/mol. The van der Waals surface area contributed by atoms with Crippen molar-refractivity contribution in [3.8, 4) is 5.75 Å². The topological polar surface area (TPSA) is 75.7 Å². The van der Waals surface area contributed by atoms with Crippen LogP contribution < -0.4 is 0 Å². The Labute approximate surface area is 134 Å². The molecule has 0 fully saturated rings. The molecule has 0 atom stereocenters. The number of hydrogen-bond acceptors (Lipinski definition) is 4. The first-order valence-corrected chi connectivity index (χ1v) is 6.68. The molecule has 0 amide bonds. The van der Waals surface area contributed by atoms with Crippen LogP contribution in [-0.4, -0.2) is 16.2 Å². The highest BCUT2D eigenvalue weighted by Gasteiger charge is 2.09. The van der Waals surface area contributed by atoms with Crippen LogP contribution in [0.1, 0.15) is 5.56 Å². The van der Waals surface area contributed by atoms with E-state index in [-0.39, 0.29) is 21.5 Å². The Morgan fingerprint density at radius 2 is 1.86 bits per heavy atom. The summed E-state index contributed by atoms with van der Waals surface area (Å²) in [6.45, 7) is 0. The van der Waals surface area contributed by atoms with Crippen LogP contribution in [0.15, 0.2) is 35.3 Å². The predicted octanol–water partition coefficient (Wildman–Crippen LogP) is 5.01. The number of non-ortho nitro benzene ring substituents is 1. The number of hydrogen-bond donors (Lipinski definition) is 1. The van der Waals surface area contributed by atoms with Crippen molar-refractivity contribution in [3.63, 3.8) is 0 Å². The molecular weight excluding hydrogens is 339 g/mol. The Balaban J connectivity index is 2.36. The molecule has 0 unspecified atom stereocenters. The summed E-state index contributed by atoms with van der Waals surface area (Å²) < 4.78 is 0. The van der Waals surface area contributed by atoms with Crippen LogP contribution in [0.2, 0.25) is 15.1 Å². The number of rotatable bonds is 3. The maximum absolute atomic E-state index is 10.6. The molecule has 0 spiro atoms. The lowest BCUT2D eigenvalue weighted by molar-refractivity contribution is -0.384. The minimum Gasteiger partial charge on any atom is -0.506 e. The highest BCUT2D eigenvalue weighted by atomic mass is 35.5. The third-order valence-corrected chi connectivity index (χ3v) is 3.35. The quantitative estimate of drug-likeness (QED) is 0.482. The van der Waals surface area contributed by atoms with E-state index in [0.717, 1.165) is 0 Å². The molecule has 0 aliphatic rings. The van der Waals surface area contributed by atoms with Gasteiger partial charge in [-0.15, -0.1) is 0 Å². The Bertz CT molecular complexity index is 748. The summed E-state index contributed by atoms with van der Waals surface area (Å²) in [7, 11) is 0.